The zero-order chi connectivity index (χ0) is 9.26. The second-order valence-electron chi connectivity index (χ2n) is 4.92. The van der Waals surface area contributed by atoms with Gasteiger partial charge in [-0.05, 0) is 57.4 Å². The van der Waals surface area contributed by atoms with Crippen molar-refractivity contribution in [2.75, 3.05) is 6.54 Å². The topological polar surface area (TPSA) is 38.0 Å². The summed E-state index contributed by atoms with van der Waals surface area (Å²) in [6.45, 7) is 3.21. The molecule has 2 aliphatic rings. The van der Waals surface area contributed by atoms with Crippen LogP contribution in [-0.2, 0) is 0 Å². The Balaban J connectivity index is 1.64. The maximum Gasteiger partial charge on any atom is 0.0124 e. The lowest BCUT2D eigenvalue weighted by Crippen LogP contribution is -2.35. The van der Waals surface area contributed by atoms with Gasteiger partial charge in [-0.3, -0.25) is 0 Å². The van der Waals surface area contributed by atoms with E-state index in [1.54, 1.807) is 0 Å². The van der Waals surface area contributed by atoms with Gasteiger partial charge < -0.3 is 11.1 Å². The van der Waals surface area contributed by atoms with E-state index < -0.39 is 0 Å². The van der Waals surface area contributed by atoms with E-state index in [1.165, 1.54) is 25.7 Å². The summed E-state index contributed by atoms with van der Waals surface area (Å²) >= 11 is 0. The van der Waals surface area contributed by atoms with Gasteiger partial charge in [-0.1, -0.05) is 0 Å². The SMILES string of the molecule is CC(N)CCNC(C1CC1)C1CC1. The highest BCUT2D eigenvalue weighted by atomic mass is 14.9. The molecule has 0 aromatic carbocycles. The lowest BCUT2D eigenvalue weighted by molar-refractivity contribution is 0.407. The van der Waals surface area contributed by atoms with E-state index in [-0.39, 0.29) is 0 Å². The molecule has 2 nitrogen and oxygen atoms in total. The number of nitrogens with two attached hydrogens (primary N) is 1. The third-order valence-corrected chi connectivity index (χ3v) is 3.24. The van der Waals surface area contributed by atoms with Gasteiger partial charge in [0, 0.05) is 12.1 Å². The van der Waals surface area contributed by atoms with Gasteiger partial charge >= 0.3 is 0 Å². The molecule has 2 aliphatic carbocycles. The van der Waals surface area contributed by atoms with E-state index in [9.17, 15) is 0 Å². The van der Waals surface area contributed by atoms with E-state index >= 15 is 0 Å². The highest BCUT2D eigenvalue weighted by molar-refractivity contribution is 4.96. The molecule has 1 atom stereocenters. The third kappa shape index (κ3) is 2.96. The predicted octanol–water partition coefficient (Wildman–Crippen LogP) is 1.50. The first-order valence-electron chi connectivity index (χ1n) is 5.76. The van der Waals surface area contributed by atoms with Crippen molar-refractivity contribution in [3.8, 4) is 0 Å². The monoisotopic (exact) mass is 182 g/mol. The Bertz CT molecular complexity index is 147. The van der Waals surface area contributed by atoms with Crippen molar-refractivity contribution < 1.29 is 0 Å². The minimum atomic E-state index is 0.353. The second-order valence-corrected chi connectivity index (χ2v) is 4.92. The maximum absolute atomic E-state index is 5.72. The van der Waals surface area contributed by atoms with Gasteiger partial charge in [0.05, 0.1) is 0 Å². The number of nitrogens with one attached hydrogen (secondary N) is 1. The fourth-order valence-corrected chi connectivity index (χ4v) is 2.11. The molecule has 0 saturated heterocycles. The lowest BCUT2D eigenvalue weighted by Gasteiger charge is -2.18. The van der Waals surface area contributed by atoms with Crippen LogP contribution in [0.3, 0.4) is 0 Å². The van der Waals surface area contributed by atoms with Crippen LogP contribution < -0.4 is 11.1 Å². The summed E-state index contributed by atoms with van der Waals surface area (Å²) in [5.74, 6) is 2.03. The van der Waals surface area contributed by atoms with E-state index in [0.29, 0.717) is 6.04 Å². The van der Waals surface area contributed by atoms with Gasteiger partial charge in [-0.15, -0.1) is 0 Å². The van der Waals surface area contributed by atoms with E-state index in [2.05, 4.69) is 12.2 Å². The molecule has 3 N–H and O–H groups in total. The molecule has 0 amide bonds. The van der Waals surface area contributed by atoms with Crippen molar-refractivity contribution in [2.24, 2.45) is 17.6 Å². The zero-order valence-electron chi connectivity index (χ0n) is 8.63. The first-order chi connectivity index (χ1) is 6.27. The van der Waals surface area contributed by atoms with Crippen LogP contribution in [0.25, 0.3) is 0 Å². The molecule has 0 spiro atoms. The van der Waals surface area contributed by atoms with E-state index in [0.717, 1.165) is 30.8 Å². The fourth-order valence-electron chi connectivity index (χ4n) is 2.11. The highest BCUT2D eigenvalue weighted by Gasteiger charge is 2.40. The zero-order valence-corrected chi connectivity index (χ0v) is 8.63. The van der Waals surface area contributed by atoms with Crippen LogP contribution in [0.15, 0.2) is 0 Å². The van der Waals surface area contributed by atoms with Crippen molar-refractivity contribution in [1.82, 2.24) is 5.32 Å². The van der Waals surface area contributed by atoms with Crippen LogP contribution in [0.4, 0.5) is 0 Å². The summed E-state index contributed by atoms with van der Waals surface area (Å²) in [5, 5.41) is 3.69. The third-order valence-electron chi connectivity index (χ3n) is 3.24. The molecule has 0 aromatic rings. The van der Waals surface area contributed by atoms with Gasteiger partial charge in [0.2, 0.25) is 0 Å². The summed E-state index contributed by atoms with van der Waals surface area (Å²) in [5.41, 5.74) is 5.72. The summed E-state index contributed by atoms with van der Waals surface area (Å²) in [4.78, 5) is 0. The molecule has 2 fully saturated rings. The Morgan fingerprint density at radius 1 is 1.23 bits per heavy atom. The molecule has 0 aliphatic heterocycles. The molecule has 76 valence electrons. The smallest absolute Gasteiger partial charge is 0.0124 e. The van der Waals surface area contributed by atoms with Crippen molar-refractivity contribution in [1.29, 1.82) is 0 Å². The molecular weight excluding hydrogens is 160 g/mol. The van der Waals surface area contributed by atoms with E-state index in [1.807, 2.05) is 0 Å². The van der Waals surface area contributed by atoms with Crippen LogP contribution in [0, 0.1) is 11.8 Å². The molecule has 2 saturated carbocycles. The minimum absolute atomic E-state index is 0.353. The van der Waals surface area contributed by atoms with Crippen LogP contribution in [0.1, 0.15) is 39.0 Å². The van der Waals surface area contributed by atoms with Crippen molar-refractivity contribution in [3.63, 3.8) is 0 Å². The Hall–Kier alpha value is -0.0800. The van der Waals surface area contributed by atoms with Crippen LogP contribution in [0.5, 0.6) is 0 Å². The van der Waals surface area contributed by atoms with Gasteiger partial charge in [0.25, 0.3) is 0 Å². The van der Waals surface area contributed by atoms with Crippen molar-refractivity contribution in [3.05, 3.63) is 0 Å². The van der Waals surface area contributed by atoms with E-state index in [4.69, 9.17) is 5.73 Å². The van der Waals surface area contributed by atoms with Gasteiger partial charge in [0.1, 0.15) is 0 Å². The molecule has 2 heteroatoms. The first kappa shape index (κ1) is 9.47. The standard InChI is InChI=1S/C11H22N2/c1-8(12)6-7-13-11(9-2-3-9)10-4-5-10/h8-11,13H,2-7,12H2,1H3. The second kappa shape index (κ2) is 3.97. The van der Waals surface area contributed by atoms with Gasteiger partial charge in [0.15, 0.2) is 0 Å². The molecule has 2 rings (SSSR count). The molecule has 13 heavy (non-hydrogen) atoms. The summed E-state index contributed by atoms with van der Waals surface area (Å²) in [6.07, 6.45) is 6.98. The minimum Gasteiger partial charge on any atom is -0.328 e. The molecule has 0 heterocycles. The molecule has 0 aromatic heterocycles. The maximum atomic E-state index is 5.72. The summed E-state index contributed by atoms with van der Waals surface area (Å²) in [6, 6.07) is 1.20. The fraction of sp³-hybridized carbons (Fsp3) is 1.00. The van der Waals surface area contributed by atoms with Crippen molar-refractivity contribution in [2.45, 2.75) is 51.1 Å². The quantitative estimate of drug-likeness (QED) is 0.653. The van der Waals surface area contributed by atoms with Crippen LogP contribution >= 0.6 is 0 Å². The Labute approximate surface area is 81.3 Å². The lowest BCUT2D eigenvalue weighted by atomic mass is 10.1. The number of rotatable bonds is 6. The Kier molecular flexibility index (Phi) is 2.89. The van der Waals surface area contributed by atoms with Crippen LogP contribution in [-0.4, -0.2) is 18.6 Å². The molecule has 0 radical (unpaired) electrons. The first-order valence-corrected chi connectivity index (χ1v) is 5.76. The summed E-state index contributed by atoms with van der Waals surface area (Å²) in [7, 11) is 0. The average molecular weight is 182 g/mol. The summed E-state index contributed by atoms with van der Waals surface area (Å²) < 4.78 is 0. The number of hydrogen-bond donors (Lipinski definition) is 2. The molecule has 1 unspecified atom stereocenters. The predicted molar refractivity (Wildman–Crippen MR) is 55.5 cm³/mol. The largest absolute Gasteiger partial charge is 0.328 e. The molecule has 0 bridgehead atoms. The van der Waals surface area contributed by atoms with Crippen LogP contribution in [0.2, 0.25) is 0 Å². The average Bonchev–Trinajstić information content (AvgIpc) is 2.89. The highest BCUT2D eigenvalue weighted by Crippen LogP contribution is 2.44. The number of hydrogen-bond acceptors (Lipinski definition) is 2. The van der Waals surface area contributed by atoms with Crippen molar-refractivity contribution >= 4 is 0 Å². The van der Waals surface area contributed by atoms with Gasteiger partial charge in [-0.25, -0.2) is 0 Å². The Morgan fingerprint density at radius 2 is 1.77 bits per heavy atom. The van der Waals surface area contributed by atoms with Gasteiger partial charge in [-0.2, -0.15) is 0 Å². The Morgan fingerprint density at radius 3 is 2.15 bits per heavy atom. The molecular formula is C11H22N2. The normalized spacial score (nSPS) is 25.2.